The maximum absolute atomic E-state index is 13.3. The summed E-state index contributed by atoms with van der Waals surface area (Å²) in [5.74, 6) is -0.897. The Bertz CT molecular complexity index is 513. The Morgan fingerprint density at radius 3 is 3.00 bits per heavy atom. The molecule has 82 valence electrons. The molecule has 1 aromatic carbocycles. The van der Waals surface area contributed by atoms with E-state index >= 15 is 0 Å². The number of carbonyl (C=O) groups excluding carboxylic acids is 1. The first-order chi connectivity index (χ1) is 7.66. The first kappa shape index (κ1) is 10.8. The second kappa shape index (κ2) is 4.44. The Hall–Kier alpha value is -1.69. The Morgan fingerprint density at radius 1 is 1.50 bits per heavy atom. The molecule has 0 aliphatic rings. The molecule has 0 bridgehead atoms. The largest absolute Gasteiger partial charge is 0.319 e. The maximum Gasteiger partial charge on any atom is 0.258 e. The number of hydrogen-bond acceptors (Lipinski definition) is 2. The van der Waals surface area contributed by atoms with Crippen molar-refractivity contribution in [2.75, 3.05) is 5.32 Å². The molecule has 0 aliphatic heterocycles. The summed E-state index contributed by atoms with van der Waals surface area (Å²) in [6.45, 7) is 0. The van der Waals surface area contributed by atoms with Crippen LogP contribution in [0.1, 0.15) is 10.4 Å². The van der Waals surface area contributed by atoms with E-state index < -0.39 is 11.7 Å². The minimum atomic E-state index is -0.486. The van der Waals surface area contributed by atoms with Gasteiger partial charge in [-0.1, -0.05) is 15.9 Å². The van der Waals surface area contributed by atoms with E-state index in [0.717, 1.165) is 0 Å². The Balaban J connectivity index is 2.21. The summed E-state index contributed by atoms with van der Waals surface area (Å²) < 4.78 is 14.0. The van der Waals surface area contributed by atoms with Crippen LogP contribution >= 0.6 is 15.9 Å². The predicted octanol–water partition coefficient (Wildman–Crippen LogP) is 2.56. The van der Waals surface area contributed by atoms with Gasteiger partial charge in [-0.2, -0.15) is 5.10 Å². The molecule has 0 atom stereocenters. The zero-order valence-corrected chi connectivity index (χ0v) is 9.58. The molecule has 2 aromatic rings. The summed E-state index contributed by atoms with van der Waals surface area (Å²) in [5, 5.41) is 8.59. The molecule has 2 N–H and O–H groups in total. The predicted molar refractivity (Wildman–Crippen MR) is 60.6 cm³/mol. The highest BCUT2D eigenvalue weighted by Crippen LogP contribution is 2.20. The third-order valence-corrected chi connectivity index (χ3v) is 2.43. The van der Waals surface area contributed by atoms with E-state index in [2.05, 4.69) is 31.4 Å². The van der Waals surface area contributed by atoms with Crippen molar-refractivity contribution in [3.8, 4) is 0 Å². The van der Waals surface area contributed by atoms with Gasteiger partial charge in [-0.05, 0) is 18.2 Å². The molecule has 0 spiro atoms. The van der Waals surface area contributed by atoms with Crippen molar-refractivity contribution >= 4 is 27.5 Å². The molecule has 0 saturated carbocycles. The molecule has 4 nitrogen and oxygen atoms in total. The lowest BCUT2D eigenvalue weighted by atomic mass is 10.3. The topological polar surface area (TPSA) is 57.8 Å². The van der Waals surface area contributed by atoms with E-state index in [9.17, 15) is 9.18 Å². The number of rotatable bonds is 2. The van der Waals surface area contributed by atoms with Crippen LogP contribution in [0.3, 0.4) is 0 Å². The average Bonchev–Trinajstić information content (AvgIpc) is 2.76. The third kappa shape index (κ3) is 2.27. The van der Waals surface area contributed by atoms with Crippen LogP contribution < -0.4 is 5.32 Å². The van der Waals surface area contributed by atoms with E-state index in [1.807, 2.05) is 0 Å². The monoisotopic (exact) mass is 283 g/mol. The van der Waals surface area contributed by atoms with E-state index in [4.69, 9.17) is 0 Å². The molecule has 0 fully saturated rings. The van der Waals surface area contributed by atoms with Gasteiger partial charge in [0, 0.05) is 10.7 Å². The number of anilines is 1. The molecule has 0 saturated heterocycles. The first-order valence-electron chi connectivity index (χ1n) is 4.42. The zero-order chi connectivity index (χ0) is 11.5. The molecule has 0 radical (unpaired) electrons. The summed E-state index contributed by atoms with van der Waals surface area (Å²) in [6.07, 6.45) is 2.80. The molecule has 1 amide bonds. The quantitative estimate of drug-likeness (QED) is 0.890. The van der Waals surface area contributed by atoms with Crippen LogP contribution in [-0.4, -0.2) is 16.1 Å². The van der Waals surface area contributed by atoms with Crippen molar-refractivity contribution in [1.82, 2.24) is 10.2 Å². The van der Waals surface area contributed by atoms with Crippen LogP contribution in [0, 0.1) is 5.82 Å². The van der Waals surface area contributed by atoms with Gasteiger partial charge in [-0.25, -0.2) is 4.39 Å². The van der Waals surface area contributed by atoms with Crippen molar-refractivity contribution in [1.29, 1.82) is 0 Å². The van der Waals surface area contributed by atoms with Crippen LogP contribution in [0.2, 0.25) is 0 Å². The number of nitrogens with one attached hydrogen (secondary N) is 2. The molecule has 0 unspecified atom stereocenters. The van der Waals surface area contributed by atoms with Crippen LogP contribution in [-0.2, 0) is 0 Å². The van der Waals surface area contributed by atoms with Gasteiger partial charge in [-0.3, -0.25) is 9.89 Å². The van der Waals surface area contributed by atoms with Crippen LogP contribution in [0.15, 0.2) is 35.1 Å². The second-order valence-corrected chi connectivity index (χ2v) is 3.98. The zero-order valence-electron chi connectivity index (χ0n) is 8.00. The van der Waals surface area contributed by atoms with Crippen LogP contribution in [0.4, 0.5) is 10.1 Å². The number of H-pyrrole nitrogens is 1. The number of hydrogen-bond donors (Lipinski definition) is 2. The molecule has 0 aliphatic carbocycles. The first-order valence-corrected chi connectivity index (χ1v) is 5.21. The standard InChI is InChI=1S/C10H7BrFN3O/c11-7-1-2-8(12)9(3-7)15-10(16)6-4-13-14-5-6/h1-5H,(H,13,14)(H,15,16). The summed E-state index contributed by atoms with van der Waals surface area (Å²) in [7, 11) is 0. The van der Waals surface area contributed by atoms with Gasteiger partial charge in [0.2, 0.25) is 0 Å². The molecule has 16 heavy (non-hydrogen) atoms. The summed E-state index contributed by atoms with van der Waals surface area (Å²) >= 11 is 3.20. The van der Waals surface area contributed by atoms with Crippen LogP contribution in [0.25, 0.3) is 0 Å². The van der Waals surface area contributed by atoms with Crippen molar-refractivity contribution in [2.45, 2.75) is 0 Å². The SMILES string of the molecule is O=C(Nc1cc(Br)ccc1F)c1cn[nH]c1. The van der Waals surface area contributed by atoms with Crippen molar-refractivity contribution in [3.05, 3.63) is 46.4 Å². The molecule has 1 heterocycles. The molecular weight excluding hydrogens is 277 g/mol. The number of aromatic amines is 1. The van der Waals surface area contributed by atoms with E-state index in [0.29, 0.717) is 10.0 Å². The lowest BCUT2D eigenvalue weighted by Gasteiger charge is -2.05. The fourth-order valence-corrected chi connectivity index (χ4v) is 1.52. The number of nitrogens with zero attached hydrogens (tertiary/aromatic N) is 1. The van der Waals surface area contributed by atoms with Gasteiger partial charge in [0.15, 0.2) is 0 Å². The molecule has 6 heteroatoms. The smallest absolute Gasteiger partial charge is 0.258 e. The van der Waals surface area contributed by atoms with Gasteiger partial charge in [0.05, 0.1) is 17.4 Å². The maximum atomic E-state index is 13.3. The normalized spacial score (nSPS) is 10.1. The Kier molecular flexibility index (Phi) is 3.00. The van der Waals surface area contributed by atoms with Crippen molar-refractivity contribution in [3.63, 3.8) is 0 Å². The number of amides is 1. The van der Waals surface area contributed by atoms with Gasteiger partial charge in [-0.15, -0.1) is 0 Å². The minimum absolute atomic E-state index is 0.126. The van der Waals surface area contributed by atoms with Gasteiger partial charge in [0.1, 0.15) is 5.82 Å². The number of aromatic nitrogens is 2. The fraction of sp³-hybridized carbons (Fsp3) is 0. The highest BCUT2D eigenvalue weighted by Gasteiger charge is 2.10. The summed E-state index contributed by atoms with van der Waals surface area (Å²) in [6, 6.07) is 4.32. The van der Waals surface area contributed by atoms with Crippen molar-refractivity contribution < 1.29 is 9.18 Å². The van der Waals surface area contributed by atoms with Gasteiger partial charge in [0.25, 0.3) is 5.91 Å². The molecule has 2 rings (SSSR count). The molecule has 1 aromatic heterocycles. The highest BCUT2D eigenvalue weighted by atomic mass is 79.9. The van der Waals surface area contributed by atoms with E-state index in [1.165, 1.54) is 24.5 Å². The van der Waals surface area contributed by atoms with Gasteiger partial charge < -0.3 is 5.32 Å². The van der Waals surface area contributed by atoms with Crippen molar-refractivity contribution in [2.24, 2.45) is 0 Å². The van der Waals surface area contributed by atoms with E-state index in [-0.39, 0.29) is 5.69 Å². The average molecular weight is 284 g/mol. The Morgan fingerprint density at radius 2 is 2.31 bits per heavy atom. The minimum Gasteiger partial charge on any atom is -0.319 e. The lowest BCUT2D eigenvalue weighted by Crippen LogP contribution is -2.12. The lowest BCUT2D eigenvalue weighted by molar-refractivity contribution is 0.102. The summed E-state index contributed by atoms with van der Waals surface area (Å²) in [4.78, 5) is 11.6. The third-order valence-electron chi connectivity index (χ3n) is 1.94. The Labute approximate surface area is 99.0 Å². The van der Waals surface area contributed by atoms with E-state index in [1.54, 1.807) is 6.07 Å². The van der Waals surface area contributed by atoms with Crippen LogP contribution in [0.5, 0.6) is 0 Å². The number of halogens is 2. The summed E-state index contributed by atoms with van der Waals surface area (Å²) in [5.41, 5.74) is 0.472. The number of carbonyl (C=O) groups is 1. The second-order valence-electron chi connectivity index (χ2n) is 3.07. The molecular formula is C10H7BrFN3O. The fourth-order valence-electron chi connectivity index (χ4n) is 1.16. The van der Waals surface area contributed by atoms with Gasteiger partial charge >= 0.3 is 0 Å². The highest BCUT2D eigenvalue weighted by molar-refractivity contribution is 9.10. The number of benzene rings is 1.